The van der Waals surface area contributed by atoms with Crippen LogP contribution in [0.25, 0.3) is 0 Å². The quantitative estimate of drug-likeness (QED) is 0.0323. The first-order chi connectivity index (χ1) is 37.1. The number of allylic oxidation sites excluding steroid dienone is 12. The highest BCUT2D eigenvalue weighted by atomic mass is 35.5. The predicted molar refractivity (Wildman–Crippen MR) is 347 cm³/mol. The van der Waals surface area contributed by atoms with Crippen molar-refractivity contribution in [3.8, 4) is 0 Å². The molecule has 448 valence electrons. The maximum atomic E-state index is 2.47. The minimum atomic E-state index is 0. The molecule has 0 amide bonds. The van der Waals surface area contributed by atoms with E-state index in [2.05, 4.69) is 101 Å². The minimum absolute atomic E-state index is 0. The number of nitrogens with zero attached hydrogens (tertiary/aromatic N) is 1. The van der Waals surface area contributed by atoms with Crippen LogP contribution in [0.2, 0.25) is 0 Å². The summed E-state index contributed by atoms with van der Waals surface area (Å²) < 4.78 is 1.22. The molecule has 0 bridgehead atoms. The van der Waals surface area contributed by atoms with Gasteiger partial charge in [-0.15, -0.1) is 0 Å². The Hall–Kier alpha value is -1.31. The number of hydrogen-bond donors (Lipinski definition) is 0. The Balaban J connectivity index is 0. The Kier molecular flexibility index (Phi) is 70.5. The molecule has 0 aliphatic carbocycles. The maximum Gasteiger partial charge on any atom is 0.0782 e. The number of hydrogen-bond acceptors (Lipinski definition) is 0. The summed E-state index contributed by atoms with van der Waals surface area (Å²) in [6, 6.07) is 0. The molecule has 0 aromatic carbocycles. The molecule has 0 saturated heterocycles. The van der Waals surface area contributed by atoms with Crippen LogP contribution in [0.15, 0.2) is 72.9 Å². The summed E-state index contributed by atoms with van der Waals surface area (Å²) >= 11 is 0. The highest BCUT2D eigenvalue weighted by Gasteiger charge is 2.13. The molecule has 0 fully saturated rings. The first kappa shape index (κ1) is 76.8. The topological polar surface area (TPSA) is 0 Å². The average molecular weight is 1080 g/mol. The molecule has 0 saturated carbocycles. The molecule has 0 unspecified atom stereocenters. The molecule has 76 heavy (non-hydrogen) atoms. The molecule has 0 atom stereocenters. The Morgan fingerprint density at radius 3 is 0.513 bits per heavy atom. The van der Waals surface area contributed by atoms with E-state index in [0.717, 1.165) is 12.8 Å². The van der Waals surface area contributed by atoms with Crippen LogP contribution in [-0.4, -0.2) is 31.7 Å². The molecule has 0 radical (unpaired) electrons. The van der Waals surface area contributed by atoms with Gasteiger partial charge in [0, 0.05) is 0 Å². The van der Waals surface area contributed by atoms with Crippen molar-refractivity contribution in [1.29, 1.82) is 0 Å². The van der Waals surface area contributed by atoms with Crippen molar-refractivity contribution < 1.29 is 16.9 Å². The zero-order valence-corrected chi connectivity index (χ0v) is 53.5. The zero-order chi connectivity index (χ0) is 54.0. The van der Waals surface area contributed by atoms with E-state index in [1.54, 1.807) is 0 Å². The van der Waals surface area contributed by atoms with Crippen molar-refractivity contribution in [3.63, 3.8) is 0 Å². The second kappa shape index (κ2) is 69.8. The maximum absolute atomic E-state index is 2.47. The van der Waals surface area contributed by atoms with Gasteiger partial charge in [-0.3, -0.25) is 0 Å². The number of rotatable bonds is 64. The van der Waals surface area contributed by atoms with Gasteiger partial charge < -0.3 is 16.9 Å². The first-order valence-corrected chi connectivity index (χ1v) is 34.8. The predicted octanol–water partition coefficient (Wildman–Crippen LogP) is 23.3. The highest BCUT2D eigenvalue weighted by Crippen LogP contribution is 2.17. The summed E-state index contributed by atoms with van der Waals surface area (Å²) in [6.07, 6.45) is 107. The zero-order valence-electron chi connectivity index (χ0n) is 52.8. The summed E-state index contributed by atoms with van der Waals surface area (Å²) in [5.74, 6) is 0. The van der Waals surface area contributed by atoms with Gasteiger partial charge in [-0.2, -0.15) is 0 Å². The molecule has 2 heteroatoms. The Morgan fingerprint density at radius 1 is 0.184 bits per heavy atom. The van der Waals surface area contributed by atoms with Gasteiger partial charge in [0.25, 0.3) is 0 Å². The van der Waals surface area contributed by atoms with Gasteiger partial charge in [-0.25, -0.2) is 0 Å². The third kappa shape index (κ3) is 70.7. The van der Waals surface area contributed by atoms with E-state index in [4.69, 9.17) is 0 Å². The van der Waals surface area contributed by atoms with Gasteiger partial charge in [0.2, 0.25) is 0 Å². The van der Waals surface area contributed by atoms with E-state index in [1.807, 2.05) is 0 Å². The smallest absolute Gasteiger partial charge is 0.0782 e. The second-order valence-corrected chi connectivity index (χ2v) is 24.5. The van der Waals surface area contributed by atoms with Crippen molar-refractivity contribution in [2.24, 2.45) is 0 Å². The number of halogens is 1. The lowest BCUT2D eigenvalue weighted by Gasteiger charge is -2.30. The molecule has 0 aromatic heterocycles. The Morgan fingerprint density at radius 2 is 0.329 bits per heavy atom. The van der Waals surface area contributed by atoms with Crippen LogP contribution in [0.1, 0.15) is 373 Å². The average Bonchev–Trinajstić information content (AvgIpc) is 3.41. The van der Waals surface area contributed by atoms with Crippen molar-refractivity contribution in [3.05, 3.63) is 72.9 Å². The van der Waals surface area contributed by atoms with Crippen LogP contribution >= 0.6 is 0 Å². The van der Waals surface area contributed by atoms with E-state index in [1.165, 1.54) is 364 Å². The van der Waals surface area contributed by atoms with E-state index in [0.29, 0.717) is 0 Å². The van der Waals surface area contributed by atoms with Crippen molar-refractivity contribution >= 4 is 0 Å². The largest absolute Gasteiger partial charge is 1.00 e. The summed E-state index contributed by atoms with van der Waals surface area (Å²) in [5, 5.41) is 0. The Bertz CT molecular complexity index is 1130. The SMILES string of the molecule is CCCCCCCC/C=C\CCCCCCCCCCCCC/C=C\C/C=C\CCCCCCCC[N+](C)(C)CCCCCCCC/C=C\C/C=C\CCCCCCCCCCCCC/C=C\CCCCCCCC.[Cl-]. The number of quaternary nitrogens is 1. The molecule has 0 heterocycles. The lowest BCUT2D eigenvalue weighted by molar-refractivity contribution is -0.890. The minimum Gasteiger partial charge on any atom is -1.00 e. The second-order valence-electron chi connectivity index (χ2n) is 24.5. The van der Waals surface area contributed by atoms with Gasteiger partial charge in [-0.05, 0) is 141 Å². The molecule has 0 N–H and O–H groups in total. The molecule has 0 aromatic rings. The normalized spacial score (nSPS) is 12.5. The van der Waals surface area contributed by atoms with Crippen LogP contribution in [0.4, 0.5) is 0 Å². The van der Waals surface area contributed by atoms with Gasteiger partial charge in [0.1, 0.15) is 0 Å². The molecular formula is C74H140ClN. The molecule has 0 spiro atoms. The van der Waals surface area contributed by atoms with E-state index < -0.39 is 0 Å². The van der Waals surface area contributed by atoms with Gasteiger partial charge >= 0.3 is 0 Å². The van der Waals surface area contributed by atoms with Crippen LogP contribution in [0, 0.1) is 0 Å². The summed E-state index contributed by atoms with van der Waals surface area (Å²) in [7, 11) is 4.93. The summed E-state index contributed by atoms with van der Waals surface area (Å²) in [5.41, 5.74) is 0. The highest BCUT2D eigenvalue weighted by molar-refractivity contribution is 4.93. The third-order valence-corrected chi connectivity index (χ3v) is 16.2. The lowest BCUT2D eigenvalue weighted by atomic mass is 10.0. The van der Waals surface area contributed by atoms with Crippen molar-refractivity contribution in [1.82, 2.24) is 0 Å². The van der Waals surface area contributed by atoms with E-state index >= 15 is 0 Å². The van der Waals surface area contributed by atoms with Crippen molar-refractivity contribution in [2.75, 3.05) is 27.2 Å². The van der Waals surface area contributed by atoms with Crippen LogP contribution in [0.3, 0.4) is 0 Å². The third-order valence-electron chi connectivity index (χ3n) is 16.2. The summed E-state index contributed by atoms with van der Waals surface area (Å²) in [4.78, 5) is 0. The van der Waals surface area contributed by atoms with Crippen LogP contribution in [0.5, 0.6) is 0 Å². The summed E-state index contributed by atoms with van der Waals surface area (Å²) in [6.45, 7) is 7.31. The fraction of sp³-hybridized carbons (Fsp3) is 0.838. The van der Waals surface area contributed by atoms with Gasteiger partial charge in [0.05, 0.1) is 27.2 Å². The van der Waals surface area contributed by atoms with Gasteiger partial charge in [0.15, 0.2) is 0 Å². The first-order valence-electron chi connectivity index (χ1n) is 34.8. The van der Waals surface area contributed by atoms with Crippen LogP contribution < -0.4 is 12.4 Å². The standard InChI is InChI=1S/C74H140N.ClH/c1-5-7-9-11-13-15-17-19-21-23-25-27-29-31-33-35-37-39-41-43-45-47-49-51-53-55-57-59-61-63-65-67-69-71-73-75(3,4)74-72-70-68-66-64-62-60-58-56-54-52-50-48-46-44-42-40-38-36-34-32-30-28-26-24-22-20-18-16-14-12-10-8-6-2;/h19-22,49-52,55-58H,5-18,23-48,53-54,59-74H2,1-4H3;1H/q+1;/p-1/b21-19-,22-20-,51-49-,52-50-,57-55-,58-56-;. The van der Waals surface area contributed by atoms with E-state index in [-0.39, 0.29) is 12.4 Å². The monoisotopic (exact) mass is 1080 g/mol. The Labute approximate surface area is 487 Å². The fourth-order valence-electron chi connectivity index (χ4n) is 10.9. The van der Waals surface area contributed by atoms with E-state index in [9.17, 15) is 0 Å². The lowest BCUT2D eigenvalue weighted by Crippen LogP contribution is -3.00. The number of unbranched alkanes of at least 4 members (excludes halogenated alkanes) is 48. The molecule has 0 aliphatic heterocycles. The van der Waals surface area contributed by atoms with Crippen molar-refractivity contribution in [2.45, 2.75) is 373 Å². The molecule has 0 aliphatic rings. The fourth-order valence-corrected chi connectivity index (χ4v) is 10.9. The molecule has 1 nitrogen and oxygen atoms in total. The van der Waals surface area contributed by atoms with Crippen LogP contribution in [-0.2, 0) is 0 Å². The van der Waals surface area contributed by atoms with Gasteiger partial charge in [-0.1, -0.05) is 305 Å². The molecular weight excluding hydrogens is 938 g/mol. The molecule has 0 rings (SSSR count).